The summed E-state index contributed by atoms with van der Waals surface area (Å²) < 4.78 is 0. The molecule has 3 saturated heterocycles. The number of piperazine rings is 1. The van der Waals surface area contributed by atoms with Crippen molar-refractivity contribution in [3.63, 3.8) is 0 Å². The van der Waals surface area contributed by atoms with Gasteiger partial charge in [-0.3, -0.25) is 14.6 Å². The van der Waals surface area contributed by atoms with Crippen molar-refractivity contribution in [1.82, 2.24) is 14.7 Å². The van der Waals surface area contributed by atoms with Crippen LogP contribution in [-0.4, -0.2) is 94.4 Å². The molecule has 6 nitrogen and oxygen atoms in total. The first-order valence-electron chi connectivity index (χ1n) is 9.69. The van der Waals surface area contributed by atoms with Gasteiger partial charge in [-0.25, -0.2) is 0 Å². The highest BCUT2D eigenvalue weighted by molar-refractivity contribution is 5.77. The molecule has 142 valence electrons. The molecule has 0 aliphatic carbocycles. The van der Waals surface area contributed by atoms with Gasteiger partial charge in [0.2, 0.25) is 5.91 Å². The van der Waals surface area contributed by atoms with E-state index >= 15 is 0 Å². The molecule has 0 unspecified atom stereocenters. The Bertz CT molecular complexity index is 632. The van der Waals surface area contributed by atoms with Crippen molar-refractivity contribution in [3.8, 4) is 0 Å². The van der Waals surface area contributed by atoms with Gasteiger partial charge in [0.1, 0.15) is 0 Å². The van der Waals surface area contributed by atoms with Gasteiger partial charge in [-0.1, -0.05) is 30.3 Å². The second-order valence-electron chi connectivity index (χ2n) is 8.11. The molecule has 6 heteroatoms. The Morgan fingerprint density at radius 1 is 1.15 bits per heavy atom. The first kappa shape index (κ1) is 17.9. The van der Waals surface area contributed by atoms with E-state index in [-0.39, 0.29) is 30.6 Å². The number of benzene rings is 1. The number of hydrogen-bond acceptors (Lipinski definition) is 5. The fraction of sp³-hybridized carbons (Fsp3) is 0.650. The summed E-state index contributed by atoms with van der Waals surface area (Å²) in [6, 6.07) is 10.9. The summed E-state index contributed by atoms with van der Waals surface area (Å²) in [5, 5.41) is 19.2. The minimum Gasteiger partial charge on any atom is -0.396 e. The van der Waals surface area contributed by atoms with Crippen LogP contribution < -0.4 is 0 Å². The summed E-state index contributed by atoms with van der Waals surface area (Å²) in [6.45, 7) is 5.03. The fourth-order valence-corrected chi connectivity index (χ4v) is 4.99. The highest BCUT2D eigenvalue weighted by atomic mass is 16.3. The number of carbonyl (C=O) groups excluding carboxylic acids is 1. The van der Waals surface area contributed by atoms with E-state index in [2.05, 4.69) is 34.1 Å². The molecule has 3 aliphatic rings. The van der Waals surface area contributed by atoms with Crippen LogP contribution in [0.2, 0.25) is 0 Å². The van der Waals surface area contributed by atoms with Gasteiger partial charge in [0, 0.05) is 51.7 Å². The third-order valence-corrected chi connectivity index (χ3v) is 6.20. The van der Waals surface area contributed by atoms with Crippen LogP contribution in [0, 0.1) is 0 Å². The van der Waals surface area contributed by atoms with E-state index in [9.17, 15) is 9.90 Å². The summed E-state index contributed by atoms with van der Waals surface area (Å²) >= 11 is 0. The molecule has 0 bridgehead atoms. The molecule has 4 rings (SSSR count). The zero-order valence-corrected chi connectivity index (χ0v) is 15.3. The number of aliphatic hydroxyl groups excluding tert-OH is 2. The zero-order chi connectivity index (χ0) is 18.1. The molecule has 1 amide bonds. The van der Waals surface area contributed by atoms with Gasteiger partial charge in [0.25, 0.3) is 0 Å². The third kappa shape index (κ3) is 3.39. The molecule has 1 aromatic carbocycles. The second-order valence-corrected chi connectivity index (χ2v) is 8.11. The molecule has 2 N–H and O–H groups in total. The van der Waals surface area contributed by atoms with Crippen LogP contribution >= 0.6 is 0 Å². The first-order chi connectivity index (χ1) is 12.6. The highest BCUT2D eigenvalue weighted by Gasteiger charge is 2.56. The van der Waals surface area contributed by atoms with Crippen LogP contribution in [0.4, 0.5) is 0 Å². The third-order valence-electron chi connectivity index (χ3n) is 6.20. The molecule has 3 fully saturated rings. The maximum atomic E-state index is 12.1. The molecular weight excluding hydrogens is 330 g/mol. The Hall–Kier alpha value is -1.47. The Labute approximate surface area is 155 Å². The maximum Gasteiger partial charge on any atom is 0.225 e. The molecule has 26 heavy (non-hydrogen) atoms. The summed E-state index contributed by atoms with van der Waals surface area (Å²) in [4.78, 5) is 18.9. The van der Waals surface area contributed by atoms with E-state index < -0.39 is 0 Å². The van der Waals surface area contributed by atoms with Crippen molar-refractivity contribution in [2.45, 2.75) is 36.9 Å². The van der Waals surface area contributed by atoms with Gasteiger partial charge in [-0.05, 0) is 18.4 Å². The van der Waals surface area contributed by atoms with Gasteiger partial charge < -0.3 is 15.1 Å². The van der Waals surface area contributed by atoms with Gasteiger partial charge in [-0.2, -0.15) is 0 Å². The lowest BCUT2D eigenvalue weighted by Gasteiger charge is -2.61. The van der Waals surface area contributed by atoms with E-state index in [1.807, 2.05) is 11.0 Å². The van der Waals surface area contributed by atoms with E-state index in [1.54, 1.807) is 0 Å². The predicted molar refractivity (Wildman–Crippen MR) is 98.7 cm³/mol. The molecule has 0 radical (unpaired) electrons. The second kappa shape index (κ2) is 7.27. The highest BCUT2D eigenvalue weighted by Crippen LogP contribution is 2.39. The van der Waals surface area contributed by atoms with Gasteiger partial charge in [0.05, 0.1) is 18.2 Å². The van der Waals surface area contributed by atoms with E-state index in [0.29, 0.717) is 6.04 Å². The van der Waals surface area contributed by atoms with E-state index in [4.69, 9.17) is 5.11 Å². The number of nitrogens with zero attached hydrogens (tertiary/aromatic N) is 3. The molecular formula is C20H29N3O3. The molecule has 0 aromatic heterocycles. The van der Waals surface area contributed by atoms with Gasteiger partial charge in [-0.15, -0.1) is 0 Å². The Morgan fingerprint density at radius 2 is 1.92 bits per heavy atom. The molecule has 0 saturated carbocycles. The SMILES string of the molecule is O=C(CCO)N1CC2(CN(CCc3ccccc3)C[C@H]3C[C@@H](O)CN32)C1. The van der Waals surface area contributed by atoms with Crippen molar-refractivity contribution in [2.24, 2.45) is 0 Å². The number of amides is 1. The number of hydrogen-bond donors (Lipinski definition) is 2. The average Bonchev–Trinajstić information content (AvgIpc) is 2.98. The maximum absolute atomic E-state index is 12.1. The van der Waals surface area contributed by atoms with Crippen LogP contribution in [0.1, 0.15) is 18.4 Å². The number of fused-ring (bicyclic) bond motifs is 2. The number of likely N-dealkylation sites (tertiary alicyclic amines) is 1. The normalized spacial score (nSPS) is 28.2. The van der Waals surface area contributed by atoms with Gasteiger partial charge in [0.15, 0.2) is 0 Å². The molecule has 3 heterocycles. The Balaban J connectivity index is 1.42. The number of aliphatic hydroxyl groups is 2. The lowest BCUT2D eigenvalue weighted by atomic mass is 9.83. The van der Waals surface area contributed by atoms with Crippen molar-refractivity contribution in [1.29, 1.82) is 0 Å². The van der Waals surface area contributed by atoms with E-state index in [1.165, 1.54) is 5.56 Å². The molecule has 1 aromatic rings. The molecule has 2 atom stereocenters. The Kier molecular flexibility index (Phi) is 5.01. The minimum atomic E-state index is -0.256. The monoisotopic (exact) mass is 359 g/mol. The zero-order valence-electron chi connectivity index (χ0n) is 15.3. The van der Waals surface area contributed by atoms with Crippen molar-refractivity contribution in [3.05, 3.63) is 35.9 Å². The number of carbonyl (C=O) groups is 1. The lowest BCUT2D eigenvalue weighted by Crippen LogP contribution is -2.78. The Morgan fingerprint density at radius 3 is 2.65 bits per heavy atom. The number of β-amino-alcohol motifs (C(OH)–C–C–N with tert-alkyl or cyclic N) is 1. The lowest BCUT2D eigenvalue weighted by molar-refractivity contribution is -0.156. The van der Waals surface area contributed by atoms with Crippen molar-refractivity contribution in [2.75, 3.05) is 45.9 Å². The van der Waals surface area contributed by atoms with Crippen LogP contribution in [0.3, 0.4) is 0 Å². The summed E-state index contributed by atoms with van der Waals surface area (Å²) in [5.74, 6) is 0.0378. The summed E-state index contributed by atoms with van der Waals surface area (Å²) in [7, 11) is 0. The smallest absolute Gasteiger partial charge is 0.225 e. The van der Waals surface area contributed by atoms with E-state index in [0.717, 1.165) is 52.1 Å². The van der Waals surface area contributed by atoms with Crippen molar-refractivity contribution < 1.29 is 15.0 Å². The molecule has 3 aliphatic heterocycles. The van der Waals surface area contributed by atoms with Crippen LogP contribution in [0.15, 0.2) is 30.3 Å². The minimum absolute atomic E-state index is 0.0256. The topological polar surface area (TPSA) is 67.2 Å². The predicted octanol–water partition coefficient (Wildman–Crippen LogP) is -0.0567. The van der Waals surface area contributed by atoms with Crippen LogP contribution in [0.25, 0.3) is 0 Å². The standard InChI is InChI=1S/C20H29N3O3/c24-9-7-19(26)22-14-20(15-22)13-21(8-6-16-4-2-1-3-5-16)11-17-10-18(25)12-23(17)20/h1-5,17-18,24-25H,6-15H2/t17-,18-/m1/s1. The largest absolute Gasteiger partial charge is 0.396 e. The summed E-state index contributed by atoms with van der Waals surface area (Å²) in [6.07, 6.45) is 1.81. The van der Waals surface area contributed by atoms with Gasteiger partial charge >= 0.3 is 0 Å². The average molecular weight is 359 g/mol. The fourth-order valence-electron chi connectivity index (χ4n) is 4.99. The molecule has 1 spiro atoms. The quantitative estimate of drug-likeness (QED) is 0.771. The first-order valence-corrected chi connectivity index (χ1v) is 9.69. The summed E-state index contributed by atoms with van der Waals surface area (Å²) in [5.41, 5.74) is 1.33. The number of rotatable bonds is 5. The van der Waals surface area contributed by atoms with Crippen LogP contribution in [0.5, 0.6) is 0 Å². The van der Waals surface area contributed by atoms with Crippen molar-refractivity contribution >= 4 is 5.91 Å². The van der Waals surface area contributed by atoms with Crippen LogP contribution in [-0.2, 0) is 11.2 Å².